The molecular weight excluding hydrogens is 246 g/mol. The maximum Gasteiger partial charge on any atom is 0.305 e. The van der Waals surface area contributed by atoms with Gasteiger partial charge in [0.2, 0.25) is 10.0 Å². The summed E-state index contributed by atoms with van der Waals surface area (Å²) in [5.74, 6) is -0.779. The van der Waals surface area contributed by atoms with Crippen LogP contribution in [0, 0.1) is 22.7 Å². The fourth-order valence-electron chi connectivity index (χ4n) is 1.04. The Labute approximate surface area is 100 Å². The Hall–Kier alpha value is -1.64. The predicted octanol–water partition coefficient (Wildman–Crippen LogP) is -0.381. The molecule has 0 saturated heterocycles. The SMILES string of the molecule is COC(=O)CCCS(=O)(=O)N(CC#N)CC#N. The first-order valence-electron chi connectivity index (χ1n) is 4.76. The molecule has 0 aromatic carbocycles. The summed E-state index contributed by atoms with van der Waals surface area (Å²) in [6.45, 7) is -0.734. The van der Waals surface area contributed by atoms with Gasteiger partial charge >= 0.3 is 5.97 Å². The normalized spacial score (nSPS) is 10.6. The van der Waals surface area contributed by atoms with Crippen LogP contribution in [0.4, 0.5) is 0 Å². The molecule has 0 aliphatic carbocycles. The second-order valence-corrected chi connectivity index (χ2v) is 5.17. The van der Waals surface area contributed by atoms with Crippen molar-refractivity contribution in [1.82, 2.24) is 4.31 Å². The van der Waals surface area contributed by atoms with Gasteiger partial charge in [0.15, 0.2) is 0 Å². The number of sulfonamides is 1. The van der Waals surface area contributed by atoms with Crippen LogP contribution in [0.3, 0.4) is 0 Å². The Kier molecular flexibility index (Phi) is 6.87. The summed E-state index contributed by atoms with van der Waals surface area (Å²) in [6, 6.07) is 3.35. The van der Waals surface area contributed by atoms with Crippen molar-refractivity contribution in [2.45, 2.75) is 12.8 Å². The first kappa shape index (κ1) is 15.4. The van der Waals surface area contributed by atoms with Gasteiger partial charge in [0.25, 0.3) is 0 Å². The number of nitrogens with zero attached hydrogens (tertiary/aromatic N) is 3. The van der Waals surface area contributed by atoms with Crippen LogP contribution in [0.25, 0.3) is 0 Å². The zero-order chi connectivity index (χ0) is 13.3. The lowest BCUT2D eigenvalue weighted by Crippen LogP contribution is -2.34. The number of hydrogen-bond acceptors (Lipinski definition) is 6. The van der Waals surface area contributed by atoms with Crippen LogP contribution in [0.5, 0.6) is 0 Å². The molecular formula is C9H13N3O4S. The summed E-state index contributed by atoms with van der Waals surface area (Å²) in [5.41, 5.74) is 0. The Balaban J connectivity index is 4.40. The van der Waals surface area contributed by atoms with Crippen molar-refractivity contribution in [2.24, 2.45) is 0 Å². The van der Waals surface area contributed by atoms with E-state index in [1.54, 1.807) is 12.1 Å². The number of methoxy groups -OCH3 is 1. The zero-order valence-corrected chi connectivity index (χ0v) is 10.2. The van der Waals surface area contributed by atoms with Gasteiger partial charge in [-0.3, -0.25) is 4.79 Å². The molecule has 94 valence electrons. The molecule has 17 heavy (non-hydrogen) atoms. The van der Waals surface area contributed by atoms with E-state index in [4.69, 9.17) is 10.5 Å². The molecule has 0 radical (unpaired) electrons. The lowest BCUT2D eigenvalue weighted by Gasteiger charge is -2.15. The number of carbonyl (C=O) groups excluding carboxylic acids is 1. The minimum absolute atomic E-state index is 0.0112. The fraction of sp³-hybridized carbons (Fsp3) is 0.667. The summed E-state index contributed by atoms with van der Waals surface area (Å²) >= 11 is 0. The van der Waals surface area contributed by atoms with Crippen LogP contribution in [-0.4, -0.2) is 44.6 Å². The molecule has 0 aromatic rings. The molecule has 0 aromatic heterocycles. The molecule has 0 N–H and O–H groups in total. The third-order valence-electron chi connectivity index (χ3n) is 1.90. The number of hydrogen-bond donors (Lipinski definition) is 0. The molecule has 8 heteroatoms. The number of esters is 1. The van der Waals surface area contributed by atoms with Gasteiger partial charge in [-0.2, -0.15) is 14.8 Å². The Morgan fingerprint density at radius 2 is 1.82 bits per heavy atom. The highest BCUT2D eigenvalue weighted by atomic mass is 32.2. The van der Waals surface area contributed by atoms with Crippen LogP contribution in [0.15, 0.2) is 0 Å². The van der Waals surface area contributed by atoms with E-state index in [0.717, 1.165) is 4.31 Å². The number of rotatable bonds is 7. The number of carbonyl (C=O) groups is 1. The van der Waals surface area contributed by atoms with Crippen molar-refractivity contribution in [3.8, 4) is 12.1 Å². The van der Waals surface area contributed by atoms with Gasteiger partial charge in [-0.05, 0) is 6.42 Å². The lowest BCUT2D eigenvalue weighted by atomic mass is 10.3. The molecule has 0 saturated carbocycles. The van der Waals surface area contributed by atoms with E-state index in [1.807, 2.05) is 0 Å². The van der Waals surface area contributed by atoms with E-state index < -0.39 is 16.0 Å². The molecule has 0 heterocycles. The second-order valence-electron chi connectivity index (χ2n) is 3.08. The monoisotopic (exact) mass is 259 g/mol. The average molecular weight is 259 g/mol. The van der Waals surface area contributed by atoms with E-state index >= 15 is 0 Å². The third kappa shape index (κ3) is 5.85. The maximum atomic E-state index is 11.7. The highest BCUT2D eigenvalue weighted by Gasteiger charge is 2.21. The summed E-state index contributed by atoms with van der Waals surface area (Å²) in [6.07, 6.45) is 0.0883. The minimum Gasteiger partial charge on any atom is -0.469 e. The van der Waals surface area contributed by atoms with Gasteiger partial charge in [-0.15, -0.1) is 0 Å². The van der Waals surface area contributed by atoms with Crippen molar-refractivity contribution in [3.63, 3.8) is 0 Å². The summed E-state index contributed by atoms with van der Waals surface area (Å²) in [7, 11) is -2.45. The molecule has 0 unspecified atom stereocenters. The molecule has 0 spiro atoms. The molecule has 0 atom stereocenters. The van der Waals surface area contributed by atoms with Crippen LogP contribution >= 0.6 is 0 Å². The Bertz CT molecular complexity index is 416. The molecule has 0 rings (SSSR count). The van der Waals surface area contributed by atoms with Crippen LogP contribution < -0.4 is 0 Å². The second kappa shape index (κ2) is 7.60. The van der Waals surface area contributed by atoms with E-state index in [0.29, 0.717) is 0 Å². The fourth-order valence-corrected chi connectivity index (χ4v) is 2.32. The molecule has 0 aliphatic heterocycles. The topological polar surface area (TPSA) is 111 Å². The van der Waals surface area contributed by atoms with Gasteiger partial charge in [0, 0.05) is 6.42 Å². The molecule has 0 bridgehead atoms. The predicted molar refractivity (Wildman–Crippen MR) is 57.8 cm³/mol. The van der Waals surface area contributed by atoms with Crippen LogP contribution in [0.2, 0.25) is 0 Å². The van der Waals surface area contributed by atoms with Crippen molar-refractivity contribution < 1.29 is 17.9 Å². The van der Waals surface area contributed by atoms with Crippen molar-refractivity contribution in [2.75, 3.05) is 26.0 Å². The third-order valence-corrected chi connectivity index (χ3v) is 3.75. The number of nitriles is 2. The van der Waals surface area contributed by atoms with Gasteiger partial charge < -0.3 is 4.74 Å². The van der Waals surface area contributed by atoms with Gasteiger partial charge in [0.1, 0.15) is 13.1 Å². The van der Waals surface area contributed by atoms with Gasteiger partial charge in [-0.25, -0.2) is 8.42 Å². The summed E-state index contributed by atoms with van der Waals surface area (Å²) in [5, 5.41) is 16.9. The standard InChI is InChI=1S/C9H13N3O4S/c1-16-9(13)3-2-8-17(14,15)12(6-4-10)7-5-11/h2-3,6-8H2,1H3. The Morgan fingerprint density at radius 3 is 2.24 bits per heavy atom. The molecule has 0 fully saturated rings. The largest absolute Gasteiger partial charge is 0.469 e. The first-order valence-corrected chi connectivity index (χ1v) is 6.37. The number of ether oxygens (including phenoxy) is 1. The minimum atomic E-state index is -3.67. The van der Waals surface area contributed by atoms with Gasteiger partial charge in [-0.1, -0.05) is 0 Å². The maximum absolute atomic E-state index is 11.7. The first-order chi connectivity index (χ1) is 7.97. The molecule has 0 amide bonds. The smallest absolute Gasteiger partial charge is 0.305 e. The van der Waals surface area contributed by atoms with Gasteiger partial charge in [0.05, 0.1) is 25.0 Å². The van der Waals surface area contributed by atoms with E-state index in [-0.39, 0.29) is 31.7 Å². The van der Waals surface area contributed by atoms with Crippen molar-refractivity contribution in [3.05, 3.63) is 0 Å². The Morgan fingerprint density at radius 1 is 1.29 bits per heavy atom. The molecule has 7 nitrogen and oxygen atoms in total. The van der Waals surface area contributed by atoms with E-state index in [2.05, 4.69) is 4.74 Å². The average Bonchev–Trinajstić information content (AvgIpc) is 2.28. The van der Waals surface area contributed by atoms with E-state index in [1.165, 1.54) is 7.11 Å². The summed E-state index contributed by atoms with van der Waals surface area (Å²) < 4.78 is 28.5. The zero-order valence-electron chi connectivity index (χ0n) is 9.42. The van der Waals surface area contributed by atoms with Crippen LogP contribution in [-0.2, 0) is 19.6 Å². The summed E-state index contributed by atoms with van der Waals surface area (Å²) in [4.78, 5) is 10.8. The quantitative estimate of drug-likeness (QED) is 0.455. The van der Waals surface area contributed by atoms with Crippen LogP contribution in [0.1, 0.15) is 12.8 Å². The van der Waals surface area contributed by atoms with Crippen molar-refractivity contribution in [1.29, 1.82) is 10.5 Å². The highest BCUT2D eigenvalue weighted by Crippen LogP contribution is 2.04. The lowest BCUT2D eigenvalue weighted by molar-refractivity contribution is -0.140. The molecule has 0 aliphatic rings. The highest BCUT2D eigenvalue weighted by molar-refractivity contribution is 7.89. The van der Waals surface area contributed by atoms with Crippen molar-refractivity contribution >= 4 is 16.0 Å². The van der Waals surface area contributed by atoms with E-state index in [9.17, 15) is 13.2 Å².